The molecule has 0 unspecified atom stereocenters. The van der Waals surface area contributed by atoms with Gasteiger partial charge in [-0.15, -0.1) is 0 Å². The van der Waals surface area contributed by atoms with Gasteiger partial charge in [-0.3, -0.25) is 4.57 Å². The van der Waals surface area contributed by atoms with E-state index >= 15 is 0 Å². The van der Waals surface area contributed by atoms with Crippen LogP contribution in [0.2, 0.25) is 0 Å². The summed E-state index contributed by atoms with van der Waals surface area (Å²) in [6.45, 7) is 7.39. The third-order valence-corrected chi connectivity index (χ3v) is 5.30. The van der Waals surface area contributed by atoms with Crippen molar-refractivity contribution in [2.24, 2.45) is 5.92 Å². The van der Waals surface area contributed by atoms with Gasteiger partial charge in [-0.2, -0.15) is 5.10 Å². The molecule has 0 bridgehead atoms. The summed E-state index contributed by atoms with van der Waals surface area (Å²) in [6, 6.07) is 14.7. The SMILES string of the molecule is CCCCCc1nn(CC(C)C)c(=O)n1Cc1ccc(-c2ccccc2C(=O)O)cc1. The Kier molecular flexibility index (Phi) is 7.45. The predicted molar refractivity (Wildman–Crippen MR) is 122 cm³/mol. The van der Waals surface area contributed by atoms with Crippen LogP contribution in [0, 0.1) is 5.92 Å². The molecule has 1 heterocycles. The summed E-state index contributed by atoms with van der Waals surface area (Å²) in [6.07, 6.45) is 4.04. The Balaban J connectivity index is 1.87. The summed E-state index contributed by atoms with van der Waals surface area (Å²) in [4.78, 5) is 24.5. The third-order valence-electron chi connectivity index (χ3n) is 5.30. The van der Waals surface area contributed by atoms with Crippen molar-refractivity contribution in [3.8, 4) is 11.1 Å². The van der Waals surface area contributed by atoms with Gasteiger partial charge in [0.2, 0.25) is 0 Å². The number of carbonyl (C=O) groups is 1. The van der Waals surface area contributed by atoms with Gasteiger partial charge < -0.3 is 5.11 Å². The second kappa shape index (κ2) is 10.2. The lowest BCUT2D eigenvalue weighted by molar-refractivity contribution is 0.0697. The van der Waals surface area contributed by atoms with Crippen molar-refractivity contribution in [1.82, 2.24) is 14.3 Å². The highest BCUT2D eigenvalue weighted by atomic mass is 16.4. The Morgan fingerprint density at radius 1 is 1.06 bits per heavy atom. The molecule has 0 atom stereocenters. The quantitative estimate of drug-likeness (QED) is 0.475. The van der Waals surface area contributed by atoms with Crippen LogP contribution in [0.3, 0.4) is 0 Å². The fourth-order valence-electron chi connectivity index (χ4n) is 3.72. The minimum atomic E-state index is -0.944. The molecule has 1 aromatic heterocycles. The summed E-state index contributed by atoms with van der Waals surface area (Å²) < 4.78 is 3.36. The summed E-state index contributed by atoms with van der Waals surface area (Å²) in [7, 11) is 0. The largest absolute Gasteiger partial charge is 0.478 e. The Morgan fingerprint density at radius 2 is 1.77 bits per heavy atom. The fraction of sp³-hybridized carbons (Fsp3) is 0.400. The van der Waals surface area contributed by atoms with E-state index in [-0.39, 0.29) is 11.3 Å². The first kappa shape index (κ1) is 22.5. The van der Waals surface area contributed by atoms with E-state index in [1.807, 2.05) is 36.4 Å². The van der Waals surface area contributed by atoms with Crippen molar-refractivity contribution in [2.75, 3.05) is 0 Å². The lowest BCUT2D eigenvalue weighted by atomic mass is 9.99. The first-order valence-corrected chi connectivity index (χ1v) is 11.0. The first-order valence-electron chi connectivity index (χ1n) is 11.0. The molecule has 31 heavy (non-hydrogen) atoms. The van der Waals surface area contributed by atoms with E-state index in [1.165, 1.54) is 0 Å². The van der Waals surface area contributed by atoms with Gasteiger partial charge >= 0.3 is 11.7 Å². The molecular formula is C25H31N3O3. The number of hydrogen-bond donors (Lipinski definition) is 1. The van der Waals surface area contributed by atoms with Crippen LogP contribution in [0.5, 0.6) is 0 Å². The number of carboxylic acid groups (broad SMARTS) is 1. The normalized spacial score (nSPS) is 11.2. The van der Waals surface area contributed by atoms with Gasteiger partial charge in [0.25, 0.3) is 0 Å². The Bertz CT molecular complexity index is 1080. The molecule has 0 aliphatic rings. The van der Waals surface area contributed by atoms with E-state index < -0.39 is 5.97 Å². The summed E-state index contributed by atoms with van der Waals surface area (Å²) in [5, 5.41) is 14.1. The smallest absolute Gasteiger partial charge is 0.346 e. The lowest BCUT2D eigenvalue weighted by Crippen LogP contribution is -2.27. The van der Waals surface area contributed by atoms with Crippen LogP contribution in [0.25, 0.3) is 11.1 Å². The molecule has 6 heteroatoms. The molecule has 0 spiro atoms. The van der Waals surface area contributed by atoms with Crippen LogP contribution in [0.1, 0.15) is 61.8 Å². The number of unbranched alkanes of at least 4 members (excludes halogenated alkanes) is 2. The summed E-state index contributed by atoms with van der Waals surface area (Å²) in [5.41, 5.74) is 2.72. The molecule has 0 aliphatic heterocycles. The Morgan fingerprint density at radius 3 is 2.42 bits per heavy atom. The van der Waals surface area contributed by atoms with Crippen LogP contribution in [-0.4, -0.2) is 25.4 Å². The van der Waals surface area contributed by atoms with E-state index in [0.29, 0.717) is 24.6 Å². The highest BCUT2D eigenvalue weighted by Gasteiger charge is 2.15. The first-order chi connectivity index (χ1) is 14.9. The van der Waals surface area contributed by atoms with Crippen molar-refractivity contribution < 1.29 is 9.90 Å². The van der Waals surface area contributed by atoms with Crippen molar-refractivity contribution in [2.45, 2.75) is 59.5 Å². The molecule has 6 nitrogen and oxygen atoms in total. The van der Waals surface area contributed by atoms with Crippen LogP contribution in [0.15, 0.2) is 53.3 Å². The van der Waals surface area contributed by atoms with E-state index in [2.05, 4.69) is 25.9 Å². The number of aromatic nitrogens is 3. The average Bonchev–Trinajstić information content (AvgIpc) is 3.03. The van der Waals surface area contributed by atoms with Crippen LogP contribution < -0.4 is 5.69 Å². The maximum Gasteiger partial charge on any atom is 0.346 e. The zero-order chi connectivity index (χ0) is 22.4. The second-order valence-corrected chi connectivity index (χ2v) is 8.37. The van der Waals surface area contributed by atoms with E-state index in [1.54, 1.807) is 21.4 Å². The van der Waals surface area contributed by atoms with Crippen molar-refractivity contribution in [3.63, 3.8) is 0 Å². The summed E-state index contributed by atoms with van der Waals surface area (Å²) >= 11 is 0. The second-order valence-electron chi connectivity index (χ2n) is 8.37. The number of rotatable bonds is 10. The molecule has 164 valence electrons. The molecule has 0 amide bonds. The van der Waals surface area contributed by atoms with Crippen molar-refractivity contribution in [3.05, 3.63) is 76.0 Å². The highest BCUT2D eigenvalue weighted by molar-refractivity contribution is 5.95. The van der Waals surface area contributed by atoms with E-state index in [0.717, 1.165) is 42.6 Å². The molecule has 3 aromatic rings. The predicted octanol–water partition coefficient (Wildman–Crippen LogP) is 4.85. The standard InChI is InChI=1S/C25H31N3O3/c1-4-5-6-11-23-26-28(16-18(2)3)25(31)27(23)17-19-12-14-20(15-13-19)21-9-7-8-10-22(21)24(29)30/h7-10,12-15,18H,4-6,11,16-17H2,1-3H3,(H,29,30). The summed E-state index contributed by atoms with van der Waals surface area (Å²) in [5.74, 6) is 0.234. The number of hydrogen-bond acceptors (Lipinski definition) is 3. The molecule has 0 radical (unpaired) electrons. The minimum Gasteiger partial charge on any atom is -0.478 e. The topological polar surface area (TPSA) is 77.1 Å². The molecule has 2 aromatic carbocycles. The lowest BCUT2D eigenvalue weighted by Gasteiger charge is -2.09. The zero-order valence-corrected chi connectivity index (χ0v) is 18.5. The van der Waals surface area contributed by atoms with Gasteiger partial charge in [-0.05, 0) is 35.1 Å². The molecule has 0 saturated heterocycles. The Hall–Kier alpha value is -3.15. The van der Waals surface area contributed by atoms with Gasteiger partial charge in [-0.25, -0.2) is 14.3 Å². The third kappa shape index (κ3) is 5.51. The molecule has 0 aliphatic carbocycles. The number of benzene rings is 2. The van der Waals surface area contributed by atoms with Crippen molar-refractivity contribution >= 4 is 5.97 Å². The molecular weight excluding hydrogens is 390 g/mol. The van der Waals surface area contributed by atoms with E-state index in [4.69, 9.17) is 0 Å². The minimum absolute atomic E-state index is 0.0690. The molecule has 0 fully saturated rings. The van der Waals surface area contributed by atoms with Gasteiger partial charge in [0, 0.05) is 13.0 Å². The highest BCUT2D eigenvalue weighted by Crippen LogP contribution is 2.24. The van der Waals surface area contributed by atoms with Gasteiger partial charge in [0.1, 0.15) is 5.82 Å². The monoisotopic (exact) mass is 421 g/mol. The van der Waals surface area contributed by atoms with Crippen LogP contribution >= 0.6 is 0 Å². The molecule has 3 rings (SSSR count). The molecule has 1 N–H and O–H groups in total. The van der Waals surface area contributed by atoms with Crippen LogP contribution in [0.4, 0.5) is 0 Å². The van der Waals surface area contributed by atoms with Gasteiger partial charge in [0.15, 0.2) is 0 Å². The fourth-order valence-corrected chi connectivity index (χ4v) is 3.72. The number of aryl methyl sites for hydroxylation is 1. The maximum absolute atomic E-state index is 13.0. The van der Waals surface area contributed by atoms with Gasteiger partial charge in [-0.1, -0.05) is 76.1 Å². The Labute approximate surface area is 183 Å². The average molecular weight is 422 g/mol. The zero-order valence-electron chi connectivity index (χ0n) is 18.5. The van der Waals surface area contributed by atoms with Gasteiger partial charge in [0.05, 0.1) is 12.1 Å². The van der Waals surface area contributed by atoms with E-state index in [9.17, 15) is 14.7 Å². The van der Waals surface area contributed by atoms with Crippen LogP contribution in [-0.2, 0) is 19.5 Å². The number of nitrogens with zero attached hydrogens (tertiary/aromatic N) is 3. The number of carboxylic acids is 1. The maximum atomic E-state index is 13.0. The van der Waals surface area contributed by atoms with Crippen molar-refractivity contribution in [1.29, 1.82) is 0 Å². The number of aromatic carboxylic acids is 1. The molecule has 0 saturated carbocycles.